The van der Waals surface area contributed by atoms with Crippen molar-refractivity contribution >= 4 is 64.1 Å². The quantitative estimate of drug-likeness (QED) is 0.391. The second-order valence-corrected chi connectivity index (χ2v) is 8.42. The average Bonchev–Trinajstić information content (AvgIpc) is 2.70. The van der Waals surface area contributed by atoms with Crippen LogP contribution in [0, 0.1) is 10.1 Å². The number of hydrogen-bond acceptors (Lipinski definition) is 5. The second kappa shape index (κ2) is 11.4. The van der Waals surface area contributed by atoms with Gasteiger partial charge in [-0.1, -0.05) is 40.9 Å². The number of nitro benzene ring substituents is 1. The highest BCUT2D eigenvalue weighted by Crippen LogP contribution is 2.25. The summed E-state index contributed by atoms with van der Waals surface area (Å²) in [5.41, 5.74) is 0.332. The molecule has 160 valence electrons. The van der Waals surface area contributed by atoms with Crippen molar-refractivity contribution in [2.45, 2.75) is 19.0 Å². The van der Waals surface area contributed by atoms with Crippen molar-refractivity contribution in [3.63, 3.8) is 0 Å². The van der Waals surface area contributed by atoms with Gasteiger partial charge in [-0.2, -0.15) is 11.8 Å². The van der Waals surface area contributed by atoms with Gasteiger partial charge in [0.2, 0.25) is 5.91 Å². The standard InChI is InChI=1S/C19H18Cl3N3O4S/c1-30-7-6-16(19(27)23-10-12-2-4-13(20)9-15(12)22)24-18(26)11-3-5-14(21)17(8-11)25(28)29/h2-5,8-9,16H,6-7,10H2,1H3,(H,23,27)(H,24,26). The molecule has 2 amide bonds. The molecular formula is C19H18Cl3N3O4S. The van der Waals surface area contributed by atoms with Gasteiger partial charge in [0.05, 0.1) is 4.92 Å². The molecule has 0 bridgehead atoms. The molecule has 1 unspecified atom stereocenters. The van der Waals surface area contributed by atoms with E-state index in [4.69, 9.17) is 34.8 Å². The normalized spacial score (nSPS) is 11.6. The van der Waals surface area contributed by atoms with E-state index >= 15 is 0 Å². The first kappa shape index (κ1) is 24.3. The molecule has 0 aromatic heterocycles. The number of halogens is 3. The lowest BCUT2D eigenvalue weighted by molar-refractivity contribution is -0.384. The van der Waals surface area contributed by atoms with Gasteiger partial charge in [-0.25, -0.2) is 0 Å². The third kappa shape index (κ3) is 6.77. The van der Waals surface area contributed by atoms with E-state index in [0.29, 0.717) is 27.8 Å². The predicted molar refractivity (Wildman–Crippen MR) is 121 cm³/mol. The smallest absolute Gasteiger partial charge is 0.288 e. The van der Waals surface area contributed by atoms with E-state index < -0.39 is 22.8 Å². The highest BCUT2D eigenvalue weighted by Gasteiger charge is 2.23. The number of nitrogens with one attached hydrogen (secondary N) is 2. The monoisotopic (exact) mass is 489 g/mol. The van der Waals surface area contributed by atoms with Crippen LogP contribution in [-0.2, 0) is 11.3 Å². The summed E-state index contributed by atoms with van der Waals surface area (Å²) < 4.78 is 0. The van der Waals surface area contributed by atoms with Gasteiger partial charge in [0.25, 0.3) is 11.6 Å². The number of rotatable bonds is 9. The number of nitrogens with zero attached hydrogens (tertiary/aromatic N) is 1. The molecule has 11 heteroatoms. The summed E-state index contributed by atoms with van der Waals surface area (Å²) in [5.74, 6) is -0.381. The fourth-order valence-corrected chi connectivity index (χ4v) is 3.64. The Morgan fingerprint density at radius 1 is 1.13 bits per heavy atom. The minimum absolute atomic E-state index is 0.0359. The largest absolute Gasteiger partial charge is 0.350 e. The van der Waals surface area contributed by atoms with Crippen LogP contribution in [0.2, 0.25) is 15.1 Å². The second-order valence-electron chi connectivity index (χ2n) is 6.18. The Bertz CT molecular complexity index is 959. The van der Waals surface area contributed by atoms with Crippen molar-refractivity contribution in [1.29, 1.82) is 0 Å². The molecule has 0 heterocycles. The van der Waals surface area contributed by atoms with Crippen molar-refractivity contribution in [2.24, 2.45) is 0 Å². The Hall–Kier alpha value is -2.00. The molecule has 0 aliphatic heterocycles. The topological polar surface area (TPSA) is 101 Å². The molecule has 1 atom stereocenters. The maximum Gasteiger partial charge on any atom is 0.288 e. The molecule has 0 radical (unpaired) electrons. The minimum atomic E-state index is -0.828. The van der Waals surface area contributed by atoms with E-state index in [-0.39, 0.29) is 22.8 Å². The van der Waals surface area contributed by atoms with Gasteiger partial charge in [0, 0.05) is 28.2 Å². The first-order valence-electron chi connectivity index (χ1n) is 8.68. The van der Waals surface area contributed by atoms with Crippen LogP contribution >= 0.6 is 46.6 Å². The number of benzene rings is 2. The molecule has 2 aromatic rings. The molecule has 2 aromatic carbocycles. The van der Waals surface area contributed by atoms with Crippen LogP contribution in [0.3, 0.4) is 0 Å². The van der Waals surface area contributed by atoms with Gasteiger partial charge in [-0.15, -0.1) is 0 Å². The number of carbonyl (C=O) groups excluding carboxylic acids is 2. The SMILES string of the molecule is CSCCC(NC(=O)c1ccc(Cl)c([N+](=O)[O-])c1)C(=O)NCc1ccc(Cl)cc1Cl. The first-order valence-corrected chi connectivity index (χ1v) is 11.2. The highest BCUT2D eigenvalue weighted by molar-refractivity contribution is 7.98. The molecule has 0 fully saturated rings. The number of carbonyl (C=O) groups is 2. The predicted octanol–water partition coefficient (Wildman–Crippen LogP) is 4.72. The van der Waals surface area contributed by atoms with Crippen molar-refractivity contribution < 1.29 is 14.5 Å². The molecule has 0 aliphatic rings. The summed E-state index contributed by atoms with van der Waals surface area (Å²) in [6.45, 7) is 0.160. The van der Waals surface area contributed by atoms with E-state index in [9.17, 15) is 19.7 Å². The van der Waals surface area contributed by atoms with Crippen LogP contribution in [0.1, 0.15) is 22.3 Å². The molecule has 0 saturated carbocycles. The van der Waals surface area contributed by atoms with Crippen LogP contribution in [0.5, 0.6) is 0 Å². The lowest BCUT2D eigenvalue weighted by Gasteiger charge is -2.18. The fraction of sp³-hybridized carbons (Fsp3) is 0.263. The van der Waals surface area contributed by atoms with Crippen molar-refractivity contribution in [3.8, 4) is 0 Å². The molecule has 0 aliphatic carbocycles. The summed E-state index contributed by atoms with van der Waals surface area (Å²) in [4.78, 5) is 35.6. The van der Waals surface area contributed by atoms with Crippen LogP contribution in [0.25, 0.3) is 0 Å². The first-order chi connectivity index (χ1) is 14.2. The van der Waals surface area contributed by atoms with Crippen LogP contribution in [0.15, 0.2) is 36.4 Å². The molecule has 2 N–H and O–H groups in total. The van der Waals surface area contributed by atoms with Gasteiger partial charge in [-0.3, -0.25) is 19.7 Å². The van der Waals surface area contributed by atoms with Gasteiger partial charge in [0.1, 0.15) is 11.1 Å². The molecule has 7 nitrogen and oxygen atoms in total. The number of thioether (sulfide) groups is 1. The van der Waals surface area contributed by atoms with Gasteiger partial charge < -0.3 is 10.6 Å². The van der Waals surface area contributed by atoms with Crippen molar-refractivity contribution in [2.75, 3.05) is 12.0 Å². The van der Waals surface area contributed by atoms with E-state index in [0.717, 1.165) is 6.07 Å². The molecule has 30 heavy (non-hydrogen) atoms. The van der Waals surface area contributed by atoms with Crippen molar-refractivity contribution in [3.05, 3.63) is 72.7 Å². The van der Waals surface area contributed by atoms with Gasteiger partial charge in [0.15, 0.2) is 0 Å². The van der Waals surface area contributed by atoms with E-state index in [1.807, 2.05) is 6.26 Å². The van der Waals surface area contributed by atoms with Crippen LogP contribution in [0.4, 0.5) is 5.69 Å². The third-order valence-electron chi connectivity index (χ3n) is 4.11. The van der Waals surface area contributed by atoms with Gasteiger partial charge >= 0.3 is 0 Å². The summed E-state index contributed by atoms with van der Waals surface area (Å²) in [7, 11) is 0. The third-order valence-corrected chi connectivity index (χ3v) is 5.66. The van der Waals surface area contributed by atoms with Gasteiger partial charge in [-0.05, 0) is 48.3 Å². The maximum absolute atomic E-state index is 12.7. The lowest BCUT2D eigenvalue weighted by Crippen LogP contribution is -2.46. The summed E-state index contributed by atoms with van der Waals surface area (Å²) >= 11 is 19.3. The number of amides is 2. The average molecular weight is 491 g/mol. The Kier molecular flexibility index (Phi) is 9.23. The lowest BCUT2D eigenvalue weighted by atomic mass is 10.1. The maximum atomic E-state index is 12.7. The zero-order valence-electron chi connectivity index (χ0n) is 15.8. The Morgan fingerprint density at radius 2 is 1.87 bits per heavy atom. The molecule has 2 rings (SSSR count). The Labute approximate surface area is 192 Å². The summed E-state index contributed by atoms with van der Waals surface area (Å²) in [6.07, 6.45) is 2.26. The van der Waals surface area contributed by atoms with E-state index in [2.05, 4.69) is 10.6 Å². The van der Waals surface area contributed by atoms with Crippen LogP contribution in [-0.4, -0.2) is 34.8 Å². The summed E-state index contributed by atoms with van der Waals surface area (Å²) in [5, 5.41) is 17.2. The molecular weight excluding hydrogens is 473 g/mol. The highest BCUT2D eigenvalue weighted by atomic mass is 35.5. The Morgan fingerprint density at radius 3 is 2.50 bits per heavy atom. The fourth-order valence-electron chi connectivity index (χ4n) is 2.51. The number of hydrogen-bond donors (Lipinski definition) is 2. The zero-order chi connectivity index (χ0) is 22.3. The van der Waals surface area contributed by atoms with Crippen LogP contribution < -0.4 is 10.6 Å². The number of nitro groups is 1. The Balaban J connectivity index is 2.10. The van der Waals surface area contributed by atoms with Crippen molar-refractivity contribution in [1.82, 2.24) is 10.6 Å². The summed E-state index contributed by atoms with van der Waals surface area (Å²) in [6, 6.07) is 7.82. The molecule has 0 spiro atoms. The minimum Gasteiger partial charge on any atom is -0.350 e. The molecule has 0 saturated heterocycles. The van der Waals surface area contributed by atoms with E-state index in [1.165, 1.54) is 23.9 Å². The zero-order valence-corrected chi connectivity index (χ0v) is 18.9. The van der Waals surface area contributed by atoms with E-state index in [1.54, 1.807) is 18.2 Å².